The highest BCUT2D eigenvalue weighted by atomic mass is 16.4. The number of aromatic amines is 1. The van der Waals surface area contributed by atoms with Crippen molar-refractivity contribution in [1.29, 1.82) is 0 Å². The molecule has 0 unspecified atom stereocenters. The van der Waals surface area contributed by atoms with E-state index in [1.54, 1.807) is 29.2 Å². The van der Waals surface area contributed by atoms with E-state index < -0.39 is 0 Å². The molecule has 0 bridgehead atoms. The number of hydrogen-bond donors (Lipinski definition) is 2. The summed E-state index contributed by atoms with van der Waals surface area (Å²) in [6.45, 7) is 0.395. The minimum absolute atomic E-state index is 0.238. The number of aromatic nitrogens is 1. The maximum atomic E-state index is 12.6. The zero-order valence-electron chi connectivity index (χ0n) is 11.1. The molecule has 3 rings (SSSR count). The molecular weight excluding hydrogens is 270 g/mol. The van der Waals surface area contributed by atoms with Crippen LogP contribution in [0.15, 0.2) is 52.4 Å². The molecule has 1 aromatic heterocycles. The predicted octanol–water partition coefficient (Wildman–Crippen LogP) is 1.60. The Bertz CT molecular complexity index is 779. The average molecular weight is 283 g/mol. The molecule has 1 aliphatic rings. The second-order valence-corrected chi connectivity index (χ2v) is 4.70. The van der Waals surface area contributed by atoms with Gasteiger partial charge in [-0.25, -0.2) is 0 Å². The first-order chi connectivity index (χ1) is 10.2. The summed E-state index contributed by atoms with van der Waals surface area (Å²) in [5, 5.41) is 12.3. The summed E-state index contributed by atoms with van der Waals surface area (Å²) in [6.07, 6.45) is 0.455. The van der Waals surface area contributed by atoms with Crippen LogP contribution in [0.2, 0.25) is 0 Å². The second-order valence-electron chi connectivity index (χ2n) is 4.70. The predicted molar refractivity (Wildman–Crippen MR) is 78.1 cm³/mol. The van der Waals surface area contributed by atoms with Crippen LogP contribution in [0.3, 0.4) is 0 Å². The summed E-state index contributed by atoms with van der Waals surface area (Å²) in [4.78, 5) is 28.0. The Balaban J connectivity index is 2.04. The lowest BCUT2D eigenvalue weighted by Crippen LogP contribution is -2.38. The number of amides is 1. The van der Waals surface area contributed by atoms with E-state index in [0.29, 0.717) is 24.4 Å². The summed E-state index contributed by atoms with van der Waals surface area (Å²) in [5.74, 6) is -0.280. The fourth-order valence-electron chi connectivity index (χ4n) is 2.46. The molecular formula is C15H13N3O3. The largest absolute Gasteiger partial charge is 0.411 e. The lowest BCUT2D eigenvalue weighted by atomic mass is 9.99. The van der Waals surface area contributed by atoms with E-state index in [1.807, 2.05) is 12.1 Å². The van der Waals surface area contributed by atoms with Gasteiger partial charge >= 0.3 is 0 Å². The van der Waals surface area contributed by atoms with Crippen molar-refractivity contribution in [2.75, 3.05) is 11.4 Å². The van der Waals surface area contributed by atoms with Crippen LogP contribution in [-0.4, -0.2) is 28.4 Å². The third-order valence-electron chi connectivity index (χ3n) is 3.44. The summed E-state index contributed by atoms with van der Waals surface area (Å²) in [7, 11) is 0. The molecule has 0 spiro atoms. The van der Waals surface area contributed by atoms with Crippen molar-refractivity contribution in [3.05, 3.63) is 64.1 Å². The van der Waals surface area contributed by atoms with Crippen LogP contribution in [-0.2, 0) is 0 Å². The van der Waals surface area contributed by atoms with E-state index in [0.717, 1.165) is 5.56 Å². The molecule has 106 valence electrons. The van der Waals surface area contributed by atoms with E-state index in [-0.39, 0.29) is 17.2 Å². The van der Waals surface area contributed by atoms with Crippen molar-refractivity contribution >= 4 is 17.3 Å². The van der Waals surface area contributed by atoms with E-state index in [1.165, 1.54) is 6.07 Å². The van der Waals surface area contributed by atoms with Crippen molar-refractivity contribution in [3.63, 3.8) is 0 Å². The highest BCUT2D eigenvalue weighted by molar-refractivity contribution is 6.14. The number of pyridine rings is 1. The monoisotopic (exact) mass is 283 g/mol. The third kappa shape index (κ3) is 2.31. The van der Waals surface area contributed by atoms with Gasteiger partial charge in [0.05, 0.1) is 11.4 Å². The van der Waals surface area contributed by atoms with Crippen molar-refractivity contribution in [3.8, 4) is 0 Å². The zero-order chi connectivity index (χ0) is 14.8. The zero-order valence-corrected chi connectivity index (χ0v) is 11.1. The number of rotatable bonds is 1. The smallest absolute Gasteiger partial charge is 0.274 e. The van der Waals surface area contributed by atoms with Gasteiger partial charge in [-0.2, -0.15) is 0 Å². The van der Waals surface area contributed by atoms with Crippen molar-refractivity contribution in [2.24, 2.45) is 5.16 Å². The molecule has 0 atom stereocenters. The minimum atomic E-state index is -0.316. The van der Waals surface area contributed by atoms with Crippen LogP contribution >= 0.6 is 0 Å². The SMILES string of the molecule is O=C(c1cccc(=O)[nH]1)N1CC/C(=N/O)c2ccccc21. The molecule has 2 heterocycles. The van der Waals surface area contributed by atoms with Crippen LogP contribution in [0.25, 0.3) is 0 Å². The van der Waals surface area contributed by atoms with Crippen LogP contribution in [0.5, 0.6) is 0 Å². The molecule has 0 aliphatic carbocycles. The fraction of sp³-hybridized carbons (Fsp3) is 0.133. The first kappa shape index (κ1) is 13.1. The number of para-hydroxylation sites is 1. The first-order valence-corrected chi connectivity index (χ1v) is 6.52. The van der Waals surface area contributed by atoms with Gasteiger partial charge in [0, 0.05) is 24.6 Å². The maximum Gasteiger partial charge on any atom is 0.274 e. The van der Waals surface area contributed by atoms with Crippen LogP contribution in [0.1, 0.15) is 22.5 Å². The van der Waals surface area contributed by atoms with Gasteiger partial charge in [-0.05, 0) is 12.1 Å². The fourth-order valence-corrected chi connectivity index (χ4v) is 2.46. The molecule has 2 N–H and O–H groups in total. The molecule has 21 heavy (non-hydrogen) atoms. The van der Waals surface area contributed by atoms with Crippen molar-refractivity contribution in [1.82, 2.24) is 4.98 Å². The van der Waals surface area contributed by atoms with Gasteiger partial charge in [0.1, 0.15) is 5.69 Å². The van der Waals surface area contributed by atoms with Gasteiger partial charge in [-0.3, -0.25) is 9.59 Å². The number of nitrogens with zero attached hydrogens (tertiary/aromatic N) is 2. The number of carbonyl (C=O) groups excluding carboxylic acids is 1. The van der Waals surface area contributed by atoms with Crippen LogP contribution in [0.4, 0.5) is 5.69 Å². The molecule has 1 aliphatic heterocycles. The molecule has 0 saturated heterocycles. The molecule has 6 nitrogen and oxygen atoms in total. The van der Waals surface area contributed by atoms with E-state index in [9.17, 15) is 9.59 Å². The lowest BCUT2D eigenvalue weighted by molar-refractivity contribution is 0.0982. The Morgan fingerprint density at radius 3 is 2.76 bits per heavy atom. The van der Waals surface area contributed by atoms with Gasteiger partial charge in [0.25, 0.3) is 5.91 Å². The summed E-state index contributed by atoms with van der Waals surface area (Å²) in [6, 6.07) is 11.7. The third-order valence-corrected chi connectivity index (χ3v) is 3.44. The van der Waals surface area contributed by atoms with Gasteiger partial charge in [-0.1, -0.05) is 29.4 Å². The van der Waals surface area contributed by atoms with Crippen LogP contribution < -0.4 is 10.5 Å². The van der Waals surface area contributed by atoms with E-state index >= 15 is 0 Å². The standard InChI is InChI=1S/C15H13N3O3/c19-14-7-3-5-12(16-14)15(20)18-9-8-11(17-21)10-4-1-2-6-13(10)18/h1-7,21H,8-9H2,(H,16,19)/b17-11-. The number of benzene rings is 1. The second kappa shape index (κ2) is 5.24. The van der Waals surface area contributed by atoms with Gasteiger partial charge < -0.3 is 15.1 Å². The molecule has 1 aromatic carbocycles. The molecule has 1 amide bonds. The highest BCUT2D eigenvalue weighted by Crippen LogP contribution is 2.28. The van der Waals surface area contributed by atoms with Crippen molar-refractivity contribution in [2.45, 2.75) is 6.42 Å². The number of nitrogens with one attached hydrogen (secondary N) is 1. The highest BCUT2D eigenvalue weighted by Gasteiger charge is 2.27. The number of fused-ring (bicyclic) bond motifs is 1. The van der Waals surface area contributed by atoms with E-state index in [2.05, 4.69) is 10.1 Å². The lowest BCUT2D eigenvalue weighted by Gasteiger charge is -2.29. The summed E-state index contributed by atoms with van der Waals surface area (Å²) in [5.41, 5.74) is 1.87. The Labute approximate surface area is 120 Å². The van der Waals surface area contributed by atoms with Gasteiger partial charge in [0.15, 0.2) is 0 Å². The molecule has 6 heteroatoms. The number of oxime groups is 1. The Hall–Kier alpha value is -2.89. The minimum Gasteiger partial charge on any atom is -0.411 e. The van der Waals surface area contributed by atoms with Crippen LogP contribution in [0, 0.1) is 0 Å². The van der Waals surface area contributed by atoms with Crippen molar-refractivity contribution < 1.29 is 10.0 Å². The van der Waals surface area contributed by atoms with Gasteiger partial charge in [-0.15, -0.1) is 0 Å². The molecule has 2 aromatic rings. The number of H-pyrrole nitrogens is 1. The van der Waals surface area contributed by atoms with Gasteiger partial charge in [0.2, 0.25) is 5.56 Å². The Morgan fingerprint density at radius 2 is 2.00 bits per heavy atom. The molecule has 0 fully saturated rings. The number of hydrogen-bond acceptors (Lipinski definition) is 4. The normalized spacial score (nSPS) is 15.8. The summed E-state index contributed by atoms with van der Waals surface area (Å²) >= 11 is 0. The first-order valence-electron chi connectivity index (χ1n) is 6.52. The number of anilines is 1. The molecule has 0 radical (unpaired) electrons. The molecule has 0 saturated carbocycles. The average Bonchev–Trinajstić information content (AvgIpc) is 2.53. The Kier molecular flexibility index (Phi) is 3.27. The Morgan fingerprint density at radius 1 is 1.19 bits per heavy atom. The quantitative estimate of drug-likeness (QED) is 0.615. The maximum absolute atomic E-state index is 12.6. The summed E-state index contributed by atoms with van der Waals surface area (Å²) < 4.78 is 0. The topological polar surface area (TPSA) is 85.8 Å². The van der Waals surface area contributed by atoms with E-state index in [4.69, 9.17) is 5.21 Å². The number of carbonyl (C=O) groups is 1.